The van der Waals surface area contributed by atoms with E-state index in [-0.39, 0.29) is 6.10 Å². The van der Waals surface area contributed by atoms with Crippen molar-refractivity contribution in [3.8, 4) is 0 Å². The number of nitrogens with one attached hydrogen (secondary N) is 2. The van der Waals surface area contributed by atoms with E-state index in [9.17, 15) is 0 Å². The van der Waals surface area contributed by atoms with Crippen LogP contribution in [0.4, 0.5) is 0 Å². The van der Waals surface area contributed by atoms with Gasteiger partial charge in [-0.3, -0.25) is 0 Å². The number of morpholine rings is 1. The quantitative estimate of drug-likeness (QED) is 0.796. The maximum atomic E-state index is 6.07. The van der Waals surface area contributed by atoms with Crippen molar-refractivity contribution < 1.29 is 4.74 Å². The third-order valence-corrected chi connectivity index (χ3v) is 3.02. The zero-order valence-electron chi connectivity index (χ0n) is 8.66. The van der Waals surface area contributed by atoms with Gasteiger partial charge in [0.25, 0.3) is 0 Å². The van der Waals surface area contributed by atoms with Gasteiger partial charge in [0.15, 0.2) is 0 Å². The number of aromatic amines is 1. The number of imidazole rings is 1. The Kier molecular flexibility index (Phi) is 2.55. The highest BCUT2D eigenvalue weighted by Gasteiger charge is 2.19. The third kappa shape index (κ3) is 1.69. The van der Waals surface area contributed by atoms with E-state index in [1.807, 2.05) is 18.2 Å². The predicted octanol–water partition coefficient (Wildman–Crippen LogP) is 1.88. The Morgan fingerprint density at radius 3 is 3.12 bits per heavy atom. The summed E-state index contributed by atoms with van der Waals surface area (Å²) in [5.41, 5.74) is 1.77. The minimum Gasteiger partial charge on any atom is -0.368 e. The van der Waals surface area contributed by atoms with Crippen molar-refractivity contribution >= 4 is 22.6 Å². The maximum absolute atomic E-state index is 6.07. The molecule has 1 saturated heterocycles. The molecular weight excluding hydrogens is 226 g/mol. The Bertz CT molecular complexity index is 505. The van der Waals surface area contributed by atoms with E-state index in [4.69, 9.17) is 16.3 Å². The second-order valence-electron chi connectivity index (χ2n) is 3.82. The molecule has 1 fully saturated rings. The number of nitrogens with zero attached hydrogens (tertiary/aromatic N) is 1. The van der Waals surface area contributed by atoms with Gasteiger partial charge in [0.2, 0.25) is 0 Å². The molecule has 5 heteroatoms. The smallest absolute Gasteiger partial charge is 0.137 e. The van der Waals surface area contributed by atoms with Gasteiger partial charge in [0, 0.05) is 13.1 Å². The van der Waals surface area contributed by atoms with Gasteiger partial charge in [-0.15, -0.1) is 0 Å². The summed E-state index contributed by atoms with van der Waals surface area (Å²) in [6.45, 7) is 2.41. The molecular formula is C11H12ClN3O. The fourth-order valence-electron chi connectivity index (χ4n) is 1.91. The minimum absolute atomic E-state index is 0.00258. The number of halogens is 1. The summed E-state index contributed by atoms with van der Waals surface area (Å²) < 4.78 is 5.63. The van der Waals surface area contributed by atoms with Gasteiger partial charge in [-0.05, 0) is 12.1 Å². The summed E-state index contributed by atoms with van der Waals surface area (Å²) in [6, 6.07) is 5.72. The number of H-pyrrole nitrogens is 1. The average Bonchev–Trinajstić information content (AvgIpc) is 2.76. The fraction of sp³-hybridized carbons (Fsp3) is 0.364. The number of hydrogen-bond donors (Lipinski definition) is 2. The maximum Gasteiger partial charge on any atom is 0.137 e. The SMILES string of the molecule is Clc1cccc2[nH]c(C3CNCCO3)nc12. The van der Waals surface area contributed by atoms with Gasteiger partial charge < -0.3 is 15.0 Å². The number of ether oxygens (including phenoxy) is 1. The molecule has 0 amide bonds. The molecule has 0 saturated carbocycles. The number of para-hydroxylation sites is 1. The second kappa shape index (κ2) is 4.05. The number of benzene rings is 1. The van der Waals surface area contributed by atoms with E-state index in [1.54, 1.807) is 0 Å². The van der Waals surface area contributed by atoms with E-state index < -0.39 is 0 Å². The van der Waals surface area contributed by atoms with Crippen LogP contribution in [-0.4, -0.2) is 29.7 Å². The Hall–Kier alpha value is -1.10. The van der Waals surface area contributed by atoms with Crippen LogP contribution in [0.15, 0.2) is 18.2 Å². The van der Waals surface area contributed by atoms with E-state index >= 15 is 0 Å². The van der Waals surface area contributed by atoms with Crippen molar-refractivity contribution in [3.63, 3.8) is 0 Å². The van der Waals surface area contributed by atoms with E-state index in [0.29, 0.717) is 5.02 Å². The van der Waals surface area contributed by atoms with E-state index in [2.05, 4.69) is 15.3 Å². The van der Waals surface area contributed by atoms with Crippen LogP contribution in [0.2, 0.25) is 5.02 Å². The lowest BCUT2D eigenvalue weighted by atomic mass is 10.3. The normalized spacial score (nSPS) is 21.4. The molecule has 1 aliphatic rings. The Balaban J connectivity index is 2.01. The summed E-state index contributed by atoms with van der Waals surface area (Å²) in [5, 5.41) is 3.94. The molecule has 2 aromatic rings. The molecule has 4 nitrogen and oxygen atoms in total. The highest BCUT2D eigenvalue weighted by Crippen LogP contribution is 2.24. The summed E-state index contributed by atoms with van der Waals surface area (Å²) in [6.07, 6.45) is -0.00258. The Labute approximate surface area is 98.0 Å². The molecule has 0 bridgehead atoms. The van der Waals surface area contributed by atoms with Crippen LogP contribution in [0.5, 0.6) is 0 Å². The molecule has 16 heavy (non-hydrogen) atoms. The van der Waals surface area contributed by atoms with Crippen LogP contribution >= 0.6 is 11.6 Å². The summed E-state index contributed by atoms with van der Waals surface area (Å²) in [5.74, 6) is 0.843. The molecule has 3 rings (SSSR count). The van der Waals surface area contributed by atoms with Crippen molar-refractivity contribution in [1.29, 1.82) is 0 Å². The molecule has 1 unspecified atom stereocenters. The summed E-state index contributed by atoms with van der Waals surface area (Å²) in [7, 11) is 0. The molecule has 84 valence electrons. The van der Waals surface area contributed by atoms with Gasteiger partial charge in [-0.25, -0.2) is 4.98 Å². The average molecular weight is 238 g/mol. The zero-order valence-corrected chi connectivity index (χ0v) is 9.42. The predicted molar refractivity (Wildman–Crippen MR) is 62.7 cm³/mol. The van der Waals surface area contributed by atoms with E-state index in [1.165, 1.54) is 0 Å². The van der Waals surface area contributed by atoms with Crippen molar-refractivity contribution in [1.82, 2.24) is 15.3 Å². The van der Waals surface area contributed by atoms with Crippen molar-refractivity contribution in [3.05, 3.63) is 29.0 Å². The van der Waals surface area contributed by atoms with Crippen LogP contribution in [0, 0.1) is 0 Å². The van der Waals surface area contributed by atoms with Crippen LogP contribution in [0.25, 0.3) is 11.0 Å². The lowest BCUT2D eigenvalue weighted by molar-refractivity contribution is 0.0228. The summed E-state index contributed by atoms with van der Waals surface area (Å²) >= 11 is 6.07. The molecule has 2 N–H and O–H groups in total. The first kappa shape index (κ1) is 10.1. The van der Waals surface area contributed by atoms with Gasteiger partial charge in [0.1, 0.15) is 17.4 Å². The van der Waals surface area contributed by atoms with E-state index in [0.717, 1.165) is 36.6 Å². The summed E-state index contributed by atoms with van der Waals surface area (Å²) in [4.78, 5) is 7.73. The third-order valence-electron chi connectivity index (χ3n) is 2.71. The van der Waals surface area contributed by atoms with Crippen molar-refractivity contribution in [2.45, 2.75) is 6.10 Å². The second-order valence-corrected chi connectivity index (χ2v) is 4.23. The van der Waals surface area contributed by atoms with Crippen molar-refractivity contribution in [2.24, 2.45) is 0 Å². The minimum atomic E-state index is -0.00258. The van der Waals surface area contributed by atoms with Crippen LogP contribution in [0.1, 0.15) is 11.9 Å². The molecule has 0 radical (unpaired) electrons. The first-order valence-electron chi connectivity index (χ1n) is 5.31. The highest BCUT2D eigenvalue weighted by molar-refractivity contribution is 6.34. The van der Waals surface area contributed by atoms with Gasteiger partial charge >= 0.3 is 0 Å². The lowest BCUT2D eigenvalue weighted by Gasteiger charge is -2.21. The molecule has 1 aliphatic heterocycles. The van der Waals surface area contributed by atoms with Crippen LogP contribution in [0.3, 0.4) is 0 Å². The van der Waals surface area contributed by atoms with Gasteiger partial charge in [-0.2, -0.15) is 0 Å². The topological polar surface area (TPSA) is 49.9 Å². The number of hydrogen-bond acceptors (Lipinski definition) is 3. The monoisotopic (exact) mass is 237 g/mol. The van der Waals surface area contributed by atoms with Gasteiger partial charge in [0.05, 0.1) is 17.1 Å². The largest absolute Gasteiger partial charge is 0.368 e. The van der Waals surface area contributed by atoms with Crippen LogP contribution < -0.4 is 5.32 Å². The number of rotatable bonds is 1. The number of aromatic nitrogens is 2. The van der Waals surface area contributed by atoms with Gasteiger partial charge in [-0.1, -0.05) is 17.7 Å². The highest BCUT2D eigenvalue weighted by atomic mass is 35.5. The molecule has 2 heterocycles. The Morgan fingerprint density at radius 1 is 1.44 bits per heavy atom. The molecule has 0 spiro atoms. The fourth-order valence-corrected chi connectivity index (χ4v) is 2.13. The molecule has 1 atom stereocenters. The Morgan fingerprint density at radius 2 is 2.38 bits per heavy atom. The lowest BCUT2D eigenvalue weighted by Crippen LogP contribution is -2.33. The van der Waals surface area contributed by atoms with Crippen LogP contribution in [-0.2, 0) is 4.74 Å². The zero-order chi connectivity index (χ0) is 11.0. The molecule has 0 aliphatic carbocycles. The number of fused-ring (bicyclic) bond motifs is 1. The van der Waals surface area contributed by atoms with Crippen molar-refractivity contribution in [2.75, 3.05) is 19.7 Å². The molecule has 1 aromatic heterocycles. The first-order chi connectivity index (χ1) is 7.84. The first-order valence-corrected chi connectivity index (χ1v) is 5.69. The molecule has 1 aromatic carbocycles. The standard InChI is InChI=1S/C11H12ClN3O/c12-7-2-1-3-8-10(7)15-11(14-8)9-6-13-4-5-16-9/h1-3,9,13H,4-6H2,(H,14,15).